The Labute approximate surface area is 141 Å². The fraction of sp³-hybridized carbons (Fsp3) is 0. The molecule has 23 heavy (non-hydrogen) atoms. The lowest BCUT2D eigenvalue weighted by Gasteiger charge is -2.07. The zero-order chi connectivity index (χ0) is 16.4. The van der Waals surface area contributed by atoms with Crippen molar-refractivity contribution in [2.24, 2.45) is 0 Å². The average Bonchev–Trinajstić information content (AvgIpc) is 2.99. The van der Waals surface area contributed by atoms with E-state index in [1.165, 1.54) is 0 Å². The van der Waals surface area contributed by atoms with Gasteiger partial charge in [0.25, 0.3) is 0 Å². The van der Waals surface area contributed by atoms with Gasteiger partial charge in [0.15, 0.2) is 11.5 Å². The molecular weight excluding hydrogens is 339 g/mol. The van der Waals surface area contributed by atoms with E-state index in [2.05, 4.69) is 20.7 Å². The Morgan fingerprint density at radius 1 is 1.04 bits per heavy atom. The van der Waals surface area contributed by atoms with E-state index in [0.717, 1.165) is 11.1 Å². The number of hydrogen-bond donors (Lipinski definition) is 3. The molecule has 0 bridgehead atoms. The topological polar surface area (TPSA) is 90.9 Å². The van der Waals surface area contributed by atoms with Crippen molar-refractivity contribution in [3.8, 4) is 11.1 Å². The SMILES string of the molecule is O=C(O)c1[nH]nnc1Nc1ccc(-c2ccc(Cl)c(Cl)c2)cc1. The summed E-state index contributed by atoms with van der Waals surface area (Å²) in [6.45, 7) is 0. The maximum Gasteiger partial charge on any atom is 0.357 e. The molecule has 1 heterocycles. The summed E-state index contributed by atoms with van der Waals surface area (Å²) in [7, 11) is 0. The first-order valence-electron chi connectivity index (χ1n) is 6.51. The van der Waals surface area contributed by atoms with Gasteiger partial charge < -0.3 is 10.4 Å². The van der Waals surface area contributed by atoms with Crippen molar-refractivity contribution >= 4 is 40.7 Å². The Bertz CT molecular complexity index is 862. The van der Waals surface area contributed by atoms with E-state index in [0.29, 0.717) is 15.7 Å². The van der Waals surface area contributed by atoms with E-state index in [4.69, 9.17) is 28.3 Å². The highest BCUT2D eigenvalue weighted by atomic mass is 35.5. The monoisotopic (exact) mass is 348 g/mol. The smallest absolute Gasteiger partial charge is 0.357 e. The van der Waals surface area contributed by atoms with E-state index in [1.807, 2.05) is 18.2 Å². The first-order chi connectivity index (χ1) is 11.0. The highest BCUT2D eigenvalue weighted by Gasteiger charge is 2.14. The maximum atomic E-state index is 11.0. The summed E-state index contributed by atoms with van der Waals surface area (Å²) in [5, 5.41) is 22.4. The number of nitrogens with zero attached hydrogens (tertiary/aromatic N) is 2. The highest BCUT2D eigenvalue weighted by molar-refractivity contribution is 6.42. The summed E-state index contributed by atoms with van der Waals surface area (Å²) in [6, 6.07) is 12.8. The molecule has 0 spiro atoms. The van der Waals surface area contributed by atoms with Crippen LogP contribution in [0.4, 0.5) is 11.5 Å². The predicted molar refractivity (Wildman–Crippen MR) is 88.5 cm³/mol. The molecule has 3 rings (SSSR count). The molecule has 6 nitrogen and oxygen atoms in total. The van der Waals surface area contributed by atoms with Gasteiger partial charge in [-0.05, 0) is 35.4 Å². The quantitative estimate of drug-likeness (QED) is 0.656. The van der Waals surface area contributed by atoms with Crippen molar-refractivity contribution in [2.75, 3.05) is 5.32 Å². The van der Waals surface area contributed by atoms with Crippen molar-refractivity contribution in [3.05, 3.63) is 58.2 Å². The number of H-pyrrole nitrogens is 1. The first kappa shape index (κ1) is 15.3. The fourth-order valence-electron chi connectivity index (χ4n) is 2.02. The lowest BCUT2D eigenvalue weighted by Crippen LogP contribution is -2.02. The van der Waals surface area contributed by atoms with E-state index in [1.54, 1.807) is 24.3 Å². The third kappa shape index (κ3) is 3.28. The summed E-state index contributed by atoms with van der Waals surface area (Å²) in [5.74, 6) is -0.982. The van der Waals surface area contributed by atoms with Gasteiger partial charge in [0.2, 0.25) is 0 Å². The fourth-order valence-corrected chi connectivity index (χ4v) is 2.32. The van der Waals surface area contributed by atoms with Crippen LogP contribution in [0.1, 0.15) is 10.5 Å². The molecule has 0 aliphatic rings. The molecule has 0 aliphatic carbocycles. The van der Waals surface area contributed by atoms with Crippen LogP contribution in [0.15, 0.2) is 42.5 Å². The van der Waals surface area contributed by atoms with Crippen molar-refractivity contribution in [1.82, 2.24) is 15.4 Å². The number of carboxylic acids is 1. The van der Waals surface area contributed by atoms with E-state index < -0.39 is 5.97 Å². The second-order valence-electron chi connectivity index (χ2n) is 4.67. The van der Waals surface area contributed by atoms with Crippen LogP contribution in [-0.4, -0.2) is 26.5 Å². The summed E-state index contributed by atoms with van der Waals surface area (Å²) in [4.78, 5) is 11.0. The minimum absolute atomic E-state index is 0.0986. The number of benzene rings is 2. The van der Waals surface area contributed by atoms with Gasteiger partial charge in [0.05, 0.1) is 10.0 Å². The van der Waals surface area contributed by atoms with Crippen molar-refractivity contribution in [1.29, 1.82) is 0 Å². The van der Waals surface area contributed by atoms with Gasteiger partial charge in [0, 0.05) is 5.69 Å². The maximum absolute atomic E-state index is 11.0. The standard InChI is InChI=1S/C15H10Cl2N4O2/c16-11-6-3-9(7-12(11)17)8-1-4-10(5-2-8)18-14-13(15(22)23)19-21-20-14/h1-7H,(H,22,23)(H2,18,19,20,21). The predicted octanol–water partition coefficient (Wildman–Crippen LogP) is 4.22. The van der Waals surface area contributed by atoms with Gasteiger partial charge in [-0.2, -0.15) is 0 Å². The van der Waals surface area contributed by atoms with E-state index in [9.17, 15) is 4.79 Å². The number of anilines is 2. The van der Waals surface area contributed by atoms with E-state index >= 15 is 0 Å². The highest BCUT2D eigenvalue weighted by Crippen LogP contribution is 2.29. The Hall–Kier alpha value is -2.57. The number of aromatic nitrogens is 3. The van der Waals surface area contributed by atoms with Gasteiger partial charge in [-0.3, -0.25) is 0 Å². The first-order valence-corrected chi connectivity index (χ1v) is 7.27. The molecule has 0 aliphatic heterocycles. The minimum atomic E-state index is -1.13. The lowest BCUT2D eigenvalue weighted by atomic mass is 10.1. The number of nitrogens with one attached hydrogen (secondary N) is 2. The molecule has 3 N–H and O–H groups in total. The molecule has 0 amide bonds. The van der Waals surface area contributed by atoms with Crippen LogP contribution in [0.2, 0.25) is 10.0 Å². The van der Waals surface area contributed by atoms with Crippen LogP contribution in [0.25, 0.3) is 11.1 Å². The van der Waals surface area contributed by atoms with Gasteiger partial charge in [-0.15, -0.1) is 5.10 Å². The molecule has 0 saturated carbocycles. The minimum Gasteiger partial charge on any atom is -0.476 e. The Kier molecular flexibility index (Phi) is 4.18. The van der Waals surface area contributed by atoms with Gasteiger partial charge in [0.1, 0.15) is 0 Å². The van der Waals surface area contributed by atoms with Crippen molar-refractivity contribution in [2.45, 2.75) is 0 Å². The van der Waals surface area contributed by atoms with Gasteiger partial charge >= 0.3 is 5.97 Å². The average molecular weight is 349 g/mol. The molecule has 0 radical (unpaired) electrons. The molecule has 2 aromatic carbocycles. The third-order valence-corrected chi connectivity index (χ3v) is 3.90. The second-order valence-corrected chi connectivity index (χ2v) is 5.49. The molecular formula is C15H10Cl2N4O2. The van der Waals surface area contributed by atoms with Crippen LogP contribution in [-0.2, 0) is 0 Å². The molecule has 0 atom stereocenters. The summed E-state index contributed by atoms with van der Waals surface area (Å²) in [5.41, 5.74) is 2.47. The van der Waals surface area contributed by atoms with E-state index in [-0.39, 0.29) is 11.5 Å². The number of rotatable bonds is 4. The van der Waals surface area contributed by atoms with Crippen molar-refractivity contribution < 1.29 is 9.90 Å². The van der Waals surface area contributed by atoms with Gasteiger partial charge in [-0.25, -0.2) is 9.89 Å². The largest absolute Gasteiger partial charge is 0.476 e. The number of carbonyl (C=O) groups is 1. The number of halogens is 2. The Morgan fingerprint density at radius 2 is 1.74 bits per heavy atom. The molecule has 0 saturated heterocycles. The Morgan fingerprint density at radius 3 is 2.39 bits per heavy atom. The van der Waals surface area contributed by atoms with Crippen LogP contribution >= 0.6 is 23.2 Å². The normalized spacial score (nSPS) is 10.5. The molecule has 1 aromatic heterocycles. The molecule has 3 aromatic rings. The lowest BCUT2D eigenvalue weighted by molar-refractivity contribution is 0.0691. The number of aromatic amines is 1. The molecule has 0 fully saturated rings. The summed E-state index contributed by atoms with van der Waals surface area (Å²) < 4.78 is 0. The Balaban J connectivity index is 1.83. The second kappa shape index (κ2) is 6.28. The van der Waals surface area contributed by atoms with Crippen LogP contribution in [0.3, 0.4) is 0 Å². The van der Waals surface area contributed by atoms with Gasteiger partial charge in [-0.1, -0.05) is 46.6 Å². The van der Waals surface area contributed by atoms with Crippen LogP contribution < -0.4 is 5.32 Å². The number of carboxylic acid groups (broad SMARTS) is 1. The molecule has 0 unspecified atom stereocenters. The zero-order valence-electron chi connectivity index (χ0n) is 11.5. The number of aromatic carboxylic acids is 1. The van der Waals surface area contributed by atoms with Crippen molar-refractivity contribution in [3.63, 3.8) is 0 Å². The number of hydrogen-bond acceptors (Lipinski definition) is 4. The molecule has 116 valence electrons. The summed E-state index contributed by atoms with van der Waals surface area (Å²) in [6.07, 6.45) is 0. The van der Waals surface area contributed by atoms with Crippen LogP contribution in [0, 0.1) is 0 Å². The zero-order valence-corrected chi connectivity index (χ0v) is 13.1. The van der Waals surface area contributed by atoms with Crippen LogP contribution in [0.5, 0.6) is 0 Å². The summed E-state index contributed by atoms with van der Waals surface area (Å²) >= 11 is 11.9. The molecule has 8 heteroatoms. The third-order valence-electron chi connectivity index (χ3n) is 3.16.